The van der Waals surface area contributed by atoms with Crippen LogP contribution in [0.2, 0.25) is 0 Å². The lowest BCUT2D eigenvalue weighted by Gasteiger charge is -2.33. The van der Waals surface area contributed by atoms with Gasteiger partial charge in [0, 0.05) is 50.5 Å². The van der Waals surface area contributed by atoms with Gasteiger partial charge in [-0.2, -0.15) is 4.98 Å². The predicted molar refractivity (Wildman–Crippen MR) is 144 cm³/mol. The fourth-order valence-electron chi connectivity index (χ4n) is 4.40. The molecule has 11 heteroatoms. The van der Waals surface area contributed by atoms with E-state index in [1.54, 1.807) is 19.3 Å². The molecule has 36 heavy (non-hydrogen) atoms. The normalized spacial score (nSPS) is 16.3. The molecule has 188 valence electrons. The van der Waals surface area contributed by atoms with Crippen molar-refractivity contribution in [3.63, 3.8) is 0 Å². The van der Waals surface area contributed by atoms with Gasteiger partial charge in [0.15, 0.2) is 0 Å². The fourth-order valence-corrected chi connectivity index (χ4v) is 4.94. The molecule has 0 spiro atoms. The van der Waals surface area contributed by atoms with E-state index in [0.29, 0.717) is 30.0 Å². The molecule has 4 heterocycles. The Bertz CT molecular complexity index is 1470. The number of anilines is 4. The molecule has 1 aromatic carbocycles. The topological polar surface area (TPSA) is 108 Å². The van der Waals surface area contributed by atoms with E-state index in [2.05, 4.69) is 38.5 Å². The highest BCUT2D eigenvalue weighted by Crippen LogP contribution is 2.25. The van der Waals surface area contributed by atoms with Crippen LogP contribution in [0, 0.1) is 0 Å². The third-order valence-corrected chi connectivity index (χ3v) is 7.58. The molecule has 0 bridgehead atoms. The maximum absolute atomic E-state index is 12.1. The molecule has 2 N–H and O–H groups in total. The molecule has 5 rings (SSSR count). The van der Waals surface area contributed by atoms with Crippen molar-refractivity contribution in [2.24, 2.45) is 0 Å². The summed E-state index contributed by atoms with van der Waals surface area (Å²) in [4.78, 5) is 16.1. The monoisotopic (exact) mass is 506 g/mol. The quantitative estimate of drug-likeness (QED) is 0.394. The second kappa shape index (κ2) is 9.75. The van der Waals surface area contributed by atoms with Crippen LogP contribution < -0.4 is 19.8 Å². The minimum Gasteiger partial charge on any atom is -0.367 e. The zero-order valence-corrected chi connectivity index (χ0v) is 21.4. The smallest absolute Gasteiger partial charge is 0.232 e. The van der Waals surface area contributed by atoms with E-state index in [0.717, 1.165) is 41.9 Å². The average molecular weight is 507 g/mol. The summed E-state index contributed by atoms with van der Waals surface area (Å²) in [5.74, 6) is 1.11. The number of fused-ring (bicyclic) bond motifs is 1. The summed E-state index contributed by atoms with van der Waals surface area (Å²) in [7, 11) is -1.82. The van der Waals surface area contributed by atoms with Crippen LogP contribution in [-0.4, -0.2) is 66.9 Å². The minimum atomic E-state index is -3.38. The number of hydrogen-bond acceptors (Lipinski definition) is 8. The van der Waals surface area contributed by atoms with Crippen molar-refractivity contribution >= 4 is 44.2 Å². The molecule has 1 aliphatic heterocycles. The van der Waals surface area contributed by atoms with Crippen molar-refractivity contribution in [1.82, 2.24) is 24.8 Å². The number of hydrogen-bond donors (Lipinski definition) is 2. The lowest BCUT2D eigenvalue weighted by Crippen LogP contribution is -2.49. The highest BCUT2D eigenvalue weighted by atomic mass is 32.2. The maximum atomic E-state index is 12.1. The van der Waals surface area contributed by atoms with Gasteiger partial charge in [0.2, 0.25) is 16.0 Å². The molecular formula is C25H30N8O2S. The summed E-state index contributed by atoms with van der Waals surface area (Å²) in [6, 6.07) is 13.9. The fraction of sp³-hybridized carbons (Fsp3) is 0.320. The maximum Gasteiger partial charge on any atom is 0.232 e. The van der Waals surface area contributed by atoms with Gasteiger partial charge in [-0.05, 0) is 36.8 Å². The molecule has 3 aromatic heterocycles. The van der Waals surface area contributed by atoms with Gasteiger partial charge in [0.25, 0.3) is 0 Å². The SMILES string of the molecule is CC1CN(c2ccc(Nc3ncc4ccn(Cc5ccccc5N(C)S(C)(=O)=O)c4n3)nc2)CCN1. The Morgan fingerprint density at radius 1 is 1.14 bits per heavy atom. The van der Waals surface area contributed by atoms with Crippen molar-refractivity contribution in [2.45, 2.75) is 19.5 Å². The van der Waals surface area contributed by atoms with Gasteiger partial charge in [-0.25, -0.2) is 18.4 Å². The van der Waals surface area contributed by atoms with Gasteiger partial charge in [-0.3, -0.25) is 4.31 Å². The lowest BCUT2D eigenvalue weighted by molar-refractivity contribution is 0.484. The summed E-state index contributed by atoms with van der Waals surface area (Å²) in [5.41, 5.74) is 3.35. The van der Waals surface area contributed by atoms with Crippen LogP contribution in [-0.2, 0) is 16.6 Å². The summed E-state index contributed by atoms with van der Waals surface area (Å²) in [6.45, 7) is 5.52. The summed E-state index contributed by atoms with van der Waals surface area (Å²) < 4.78 is 27.5. The summed E-state index contributed by atoms with van der Waals surface area (Å²) in [6.07, 6.45) is 6.77. The molecule has 0 saturated carbocycles. The number of sulfonamides is 1. The molecule has 1 fully saturated rings. The van der Waals surface area contributed by atoms with Gasteiger partial charge < -0.3 is 20.1 Å². The lowest BCUT2D eigenvalue weighted by atomic mass is 10.2. The Morgan fingerprint density at radius 3 is 2.72 bits per heavy atom. The van der Waals surface area contributed by atoms with Gasteiger partial charge in [0.1, 0.15) is 11.5 Å². The molecule has 1 saturated heterocycles. The zero-order valence-electron chi connectivity index (χ0n) is 20.6. The molecule has 1 aliphatic rings. The van der Waals surface area contributed by atoms with E-state index in [9.17, 15) is 8.42 Å². The van der Waals surface area contributed by atoms with Crippen LogP contribution in [0.15, 0.2) is 61.1 Å². The number of piperazine rings is 1. The Labute approximate surface area is 211 Å². The highest BCUT2D eigenvalue weighted by molar-refractivity contribution is 7.92. The van der Waals surface area contributed by atoms with E-state index < -0.39 is 10.0 Å². The van der Waals surface area contributed by atoms with E-state index >= 15 is 0 Å². The Kier molecular flexibility index (Phi) is 6.50. The molecule has 1 atom stereocenters. The van der Waals surface area contributed by atoms with E-state index in [-0.39, 0.29) is 0 Å². The van der Waals surface area contributed by atoms with Crippen LogP contribution in [0.4, 0.5) is 23.1 Å². The second-order valence-electron chi connectivity index (χ2n) is 9.10. The Balaban J connectivity index is 1.36. The third-order valence-electron chi connectivity index (χ3n) is 6.39. The highest BCUT2D eigenvalue weighted by Gasteiger charge is 2.17. The first kappa shape index (κ1) is 24.0. The van der Waals surface area contributed by atoms with Crippen LogP contribution >= 0.6 is 0 Å². The van der Waals surface area contributed by atoms with Crippen molar-refractivity contribution in [2.75, 3.05) is 47.5 Å². The summed E-state index contributed by atoms with van der Waals surface area (Å²) in [5, 5.41) is 7.55. The minimum absolute atomic E-state index is 0.444. The number of nitrogens with zero attached hydrogens (tertiary/aromatic N) is 6. The molecule has 0 amide bonds. The summed E-state index contributed by atoms with van der Waals surface area (Å²) >= 11 is 0. The predicted octanol–water partition coefficient (Wildman–Crippen LogP) is 2.81. The van der Waals surface area contributed by atoms with Gasteiger partial charge in [-0.1, -0.05) is 18.2 Å². The average Bonchev–Trinajstić information content (AvgIpc) is 3.26. The first-order valence-electron chi connectivity index (χ1n) is 11.8. The van der Waals surface area contributed by atoms with Gasteiger partial charge in [0.05, 0.1) is 30.4 Å². The first-order chi connectivity index (χ1) is 17.3. The standard InChI is InChI=1S/C25H30N8O2S/c1-18-16-32(13-11-26-18)21-8-9-23(27-15-21)29-25-28-14-19-10-12-33(24(19)30-25)17-20-6-4-5-7-22(20)31(2)36(3,34)35/h4-10,12,14-15,18,26H,11,13,16-17H2,1-3H3,(H,27,28,29,30). The number of para-hydroxylation sites is 1. The van der Waals surface area contributed by atoms with E-state index in [1.807, 2.05) is 47.3 Å². The molecular weight excluding hydrogens is 476 g/mol. The molecule has 4 aromatic rings. The van der Waals surface area contributed by atoms with Crippen LogP contribution in [0.1, 0.15) is 12.5 Å². The number of rotatable bonds is 7. The Hall–Kier alpha value is -3.70. The van der Waals surface area contributed by atoms with Crippen molar-refractivity contribution in [3.8, 4) is 0 Å². The van der Waals surface area contributed by atoms with Crippen molar-refractivity contribution < 1.29 is 8.42 Å². The van der Waals surface area contributed by atoms with E-state index in [1.165, 1.54) is 10.6 Å². The number of nitrogens with one attached hydrogen (secondary N) is 2. The number of pyridine rings is 1. The number of benzene rings is 1. The van der Waals surface area contributed by atoms with Gasteiger partial charge >= 0.3 is 0 Å². The van der Waals surface area contributed by atoms with Crippen LogP contribution in [0.5, 0.6) is 0 Å². The van der Waals surface area contributed by atoms with E-state index in [4.69, 9.17) is 4.98 Å². The van der Waals surface area contributed by atoms with Crippen molar-refractivity contribution in [3.05, 3.63) is 66.6 Å². The second-order valence-corrected chi connectivity index (χ2v) is 11.1. The largest absolute Gasteiger partial charge is 0.367 e. The Morgan fingerprint density at radius 2 is 1.97 bits per heavy atom. The van der Waals surface area contributed by atoms with Crippen LogP contribution in [0.25, 0.3) is 11.0 Å². The number of aromatic nitrogens is 4. The molecule has 10 nitrogen and oxygen atoms in total. The van der Waals surface area contributed by atoms with Crippen LogP contribution in [0.3, 0.4) is 0 Å². The molecule has 0 aliphatic carbocycles. The van der Waals surface area contributed by atoms with Gasteiger partial charge in [-0.15, -0.1) is 0 Å². The molecule has 0 radical (unpaired) electrons. The zero-order chi connectivity index (χ0) is 25.3. The van der Waals surface area contributed by atoms with Crippen molar-refractivity contribution in [1.29, 1.82) is 0 Å². The third kappa shape index (κ3) is 5.12. The molecule has 1 unspecified atom stereocenters. The first-order valence-corrected chi connectivity index (χ1v) is 13.7.